The number of rotatable bonds is 4. The highest BCUT2D eigenvalue weighted by Crippen LogP contribution is 2.27. The van der Waals surface area contributed by atoms with Gasteiger partial charge in [-0.2, -0.15) is 5.10 Å². The molecule has 140 valence electrons. The molecule has 0 unspecified atom stereocenters. The first kappa shape index (κ1) is 17.5. The predicted molar refractivity (Wildman–Crippen MR) is 104 cm³/mol. The summed E-state index contributed by atoms with van der Waals surface area (Å²) in [6.07, 6.45) is 2.08. The first-order chi connectivity index (χ1) is 12.8. The Labute approximate surface area is 158 Å². The van der Waals surface area contributed by atoms with Crippen LogP contribution in [0.4, 0.5) is 0 Å². The molecule has 0 spiro atoms. The Balaban J connectivity index is 1.85. The van der Waals surface area contributed by atoms with Gasteiger partial charge in [0.2, 0.25) is 0 Å². The van der Waals surface area contributed by atoms with E-state index < -0.39 is 0 Å². The molecule has 6 nitrogen and oxygen atoms in total. The van der Waals surface area contributed by atoms with Crippen LogP contribution < -0.4 is 10.1 Å². The summed E-state index contributed by atoms with van der Waals surface area (Å²) in [5, 5.41) is 7.73. The van der Waals surface area contributed by atoms with Crippen molar-refractivity contribution in [2.45, 2.75) is 45.1 Å². The predicted octanol–water partition coefficient (Wildman–Crippen LogP) is 3.59. The molecular formula is C21H24N4O2. The third-order valence-electron chi connectivity index (χ3n) is 4.73. The Morgan fingerprint density at radius 2 is 1.89 bits per heavy atom. The third-order valence-corrected chi connectivity index (χ3v) is 4.73. The molecule has 2 aromatic heterocycles. The number of nitrogens with zero attached hydrogens (tertiary/aromatic N) is 3. The standard InChI is InChI=1S/C21H24N4O2/c1-21(2,3)18-12-19-23-16(13-5-9-15(27-4)10-6-13)11-17(25(19)24-18)20(26)22-14-7-8-14/h5-6,9-12,14H,7-8H2,1-4H3,(H,22,26). The van der Waals surface area contributed by atoms with Crippen LogP contribution in [0.2, 0.25) is 0 Å². The molecule has 0 saturated heterocycles. The number of carbonyl (C=O) groups excluding carboxylic acids is 1. The maximum atomic E-state index is 12.8. The molecule has 1 N–H and O–H groups in total. The van der Waals surface area contributed by atoms with E-state index in [-0.39, 0.29) is 17.4 Å². The number of ether oxygens (including phenoxy) is 1. The maximum Gasteiger partial charge on any atom is 0.270 e. The van der Waals surface area contributed by atoms with Gasteiger partial charge < -0.3 is 10.1 Å². The summed E-state index contributed by atoms with van der Waals surface area (Å²) in [5.74, 6) is 0.675. The molecule has 1 amide bonds. The van der Waals surface area contributed by atoms with Crippen molar-refractivity contribution in [1.82, 2.24) is 19.9 Å². The van der Waals surface area contributed by atoms with Crippen LogP contribution in [0.25, 0.3) is 16.9 Å². The van der Waals surface area contributed by atoms with Gasteiger partial charge in [-0.1, -0.05) is 20.8 Å². The molecule has 4 rings (SSSR count). The second kappa shape index (κ2) is 6.37. The fraction of sp³-hybridized carbons (Fsp3) is 0.381. The SMILES string of the molecule is COc1ccc(-c2cc(C(=O)NC3CC3)n3nc(C(C)(C)C)cc3n2)cc1. The van der Waals surface area contributed by atoms with Crippen LogP contribution in [-0.2, 0) is 5.41 Å². The van der Waals surface area contributed by atoms with Crippen molar-refractivity contribution >= 4 is 11.6 Å². The highest BCUT2D eigenvalue weighted by molar-refractivity contribution is 5.94. The molecule has 2 heterocycles. The lowest BCUT2D eigenvalue weighted by Crippen LogP contribution is -2.28. The fourth-order valence-corrected chi connectivity index (χ4v) is 2.90. The summed E-state index contributed by atoms with van der Waals surface area (Å²) >= 11 is 0. The normalized spacial score (nSPS) is 14.4. The summed E-state index contributed by atoms with van der Waals surface area (Å²) < 4.78 is 6.89. The molecule has 0 bridgehead atoms. The lowest BCUT2D eigenvalue weighted by molar-refractivity contribution is 0.0943. The van der Waals surface area contributed by atoms with Gasteiger partial charge in [-0.3, -0.25) is 4.79 Å². The van der Waals surface area contributed by atoms with E-state index in [0.29, 0.717) is 11.3 Å². The molecule has 6 heteroatoms. The van der Waals surface area contributed by atoms with E-state index in [4.69, 9.17) is 9.72 Å². The van der Waals surface area contributed by atoms with Crippen molar-refractivity contribution in [3.63, 3.8) is 0 Å². The number of methoxy groups -OCH3 is 1. The number of benzene rings is 1. The van der Waals surface area contributed by atoms with Crippen LogP contribution in [0, 0.1) is 0 Å². The highest BCUT2D eigenvalue weighted by atomic mass is 16.5. The zero-order valence-corrected chi connectivity index (χ0v) is 16.1. The lowest BCUT2D eigenvalue weighted by atomic mass is 9.93. The second-order valence-electron chi connectivity index (χ2n) is 8.05. The molecule has 0 radical (unpaired) electrons. The molecule has 1 saturated carbocycles. The van der Waals surface area contributed by atoms with Gasteiger partial charge >= 0.3 is 0 Å². The Kier molecular flexibility index (Phi) is 4.13. The van der Waals surface area contributed by atoms with Gasteiger partial charge in [0.25, 0.3) is 5.91 Å². The number of hydrogen-bond acceptors (Lipinski definition) is 4. The van der Waals surface area contributed by atoms with E-state index >= 15 is 0 Å². The summed E-state index contributed by atoms with van der Waals surface area (Å²) in [5.41, 5.74) is 3.63. The zero-order chi connectivity index (χ0) is 19.2. The lowest BCUT2D eigenvalue weighted by Gasteiger charge is -2.13. The van der Waals surface area contributed by atoms with E-state index in [9.17, 15) is 4.79 Å². The molecule has 1 aliphatic carbocycles. The van der Waals surface area contributed by atoms with Crippen LogP contribution in [0.3, 0.4) is 0 Å². The van der Waals surface area contributed by atoms with Crippen molar-refractivity contribution < 1.29 is 9.53 Å². The molecule has 3 aromatic rings. The summed E-state index contributed by atoms with van der Waals surface area (Å²) in [6, 6.07) is 11.7. The number of nitrogens with one attached hydrogen (secondary N) is 1. The largest absolute Gasteiger partial charge is 0.497 e. The molecule has 1 aromatic carbocycles. The quantitative estimate of drug-likeness (QED) is 0.768. The van der Waals surface area contributed by atoms with Gasteiger partial charge in [0.15, 0.2) is 5.65 Å². The monoisotopic (exact) mass is 364 g/mol. The smallest absolute Gasteiger partial charge is 0.270 e. The van der Waals surface area contributed by atoms with Gasteiger partial charge in [-0.15, -0.1) is 0 Å². The Bertz CT molecular complexity index is 995. The van der Waals surface area contributed by atoms with E-state index in [1.807, 2.05) is 36.4 Å². The average Bonchev–Trinajstić information content (AvgIpc) is 3.33. The van der Waals surface area contributed by atoms with E-state index in [1.54, 1.807) is 11.6 Å². The number of fused-ring (bicyclic) bond motifs is 1. The Morgan fingerprint density at radius 1 is 1.19 bits per heavy atom. The topological polar surface area (TPSA) is 68.5 Å². The molecule has 1 aliphatic rings. The van der Waals surface area contributed by atoms with Crippen LogP contribution in [-0.4, -0.2) is 33.7 Å². The zero-order valence-electron chi connectivity index (χ0n) is 16.1. The first-order valence-corrected chi connectivity index (χ1v) is 9.22. The van der Waals surface area contributed by atoms with Gasteiger partial charge in [-0.05, 0) is 43.2 Å². The molecule has 1 fully saturated rings. The van der Waals surface area contributed by atoms with E-state index in [1.165, 1.54) is 0 Å². The average molecular weight is 364 g/mol. The number of hydrogen-bond donors (Lipinski definition) is 1. The maximum absolute atomic E-state index is 12.8. The van der Waals surface area contributed by atoms with Crippen LogP contribution in [0.5, 0.6) is 5.75 Å². The minimum atomic E-state index is -0.127. The first-order valence-electron chi connectivity index (χ1n) is 9.22. The molecule has 0 atom stereocenters. The third kappa shape index (κ3) is 3.52. The minimum absolute atomic E-state index is 0.108. The van der Waals surface area contributed by atoms with Crippen molar-refractivity contribution in [2.24, 2.45) is 0 Å². The second-order valence-corrected chi connectivity index (χ2v) is 8.05. The van der Waals surface area contributed by atoms with Crippen molar-refractivity contribution in [3.05, 3.63) is 47.8 Å². The van der Waals surface area contributed by atoms with Gasteiger partial charge in [0, 0.05) is 23.1 Å². The van der Waals surface area contributed by atoms with Crippen LogP contribution in [0.15, 0.2) is 36.4 Å². The fourth-order valence-electron chi connectivity index (χ4n) is 2.90. The van der Waals surface area contributed by atoms with Crippen molar-refractivity contribution in [3.8, 4) is 17.0 Å². The Morgan fingerprint density at radius 3 is 2.48 bits per heavy atom. The molecule has 27 heavy (non-hydrogen) atoms. The van der Waals surface area contributed by atoms with Crippen molar-refractivity contribution in [1.29, 1.82) is 0 Å². The highest BCUT2D eigenvalue weighted by Gasteiger charge is 2.27. The van der Waals surface area contributed by atoms with E-state index in [0.717, 1.165) is 35.5 Å². The van der Waals surface area contributed by atoms with Gasteiger partial charge in [0.05, 0.1) is 18.5 Å². The van der Waals surface area contributed by atoms with Gasteiger partial charge in [0.1, 0.15) is 11.4 Å². The Hall–Kier alpha value is -2.89. The van der Waals surface area contributed by atoms with Crippen LogP contribution in [0.1, 0.15) is 49.8 Å². The summed E-state index contributed by atoms with van der Waals surface area (Å²) in [7, 11) is 1.64. The van der Waals surface area contributed by atoms with Gasteiger partial charge in [-0.25, -0.2) is 9.50 Å². The van der Waals surface area contributed by atoms with Crippen LogP contribution >= 0.6 is 0 Å². The number of carbonyl (C=O) groups is 1. The van der Waals surface area contributed by atoms with Crippen molar-refractivity contribution in [2.75, 3.05) is 7.11 Å². The number of aromatic nitrogens is 3. The summed E-state index contributed by atoms with van der Waals surface area (Å²) in [6.45, 7) is 6.30. The molecular weight excluding hydrogens is 340 g/mol. The minimum Gasteiger partial charge on any atom is -0.497 e. The summed E-state index contributed by atoms with van der Waals surface area (Å²) in [4.78, 5) is 17.6. The molecule has 0 aliphatic heterocycles. The number of amides is 1. The van der Waals surface area contributed by atoms with E-state index in [2.05, 4.69) is 31.2 Å².